The van der Waals surface area contributed by atoms with E-state index >= 15 is 0 Å². The highest BCUT2D eigenvalue weighted by atomic mass is 19.1. The zero-order valence-corrected chi connectivity index (χ0v) is 12.1. The lowest BCUT2D eigenvalue weighted by Gasteiger charge is -2.35. The molecule has 0 aromatic heterocycles. The summed E-state index contributed by atoms with van der Waals surface area (Å²) in [5, 5.41) is 8.75. The number of carboxylic acids is 1. The second-order valence-corrected chi connectivity index (χ2v) is 5.48. The lowest BCUT2D eigenvalue weighted by atomic mass is 9.96. The van der Waals surface area contributed by atoms with Gasteiger partial charge >= 0.3 is 5.97 Å². The molecule has 1 aromatic rings. The monoisotopic (exact) mass is 277 g/mol. The van der Waals surface area contributed by atoms with Crippen molar-refractivity contribution in [3.8, 4) is 0 Å². The highest BCUT2D eigenvalue weighted by Gasteiger charge is 2.20. The maximum absolute atomic E-state index is 13.6. The molecule has 0 saturated heterocycles. The number of carboxylic acid groups (broad SMARTS) is 1. The van der Waals surface area contributed by atoms with E-state index in [1.165, 1.54) is 12.5 Å². The van der Waals surface area contributed by atoms with Gasteiger partial charge in [-0.3, -0.25) is 0 Å². The number of hydrogen-bond acceptors (Lipinski definition) is 2. The standard InChI is InChI=1S/C16H20FNO2/c1-10(2)18-8-4-5-12-6-7-13(9-14(12)18)11(3)15(17)16(19)20/h6-7,9-10H,4-5,8H2,1-3H3,(H,19,20). The van der Waals surface area contributed by atoms with Gasteiger partial charge in [-0.2, -0.15) is 4.39 Å². The van der Waals surface area contributed by atoms with Gasteiger partial charge in [0.25, 0.3) is 0 Å². The summed E-state index contributed by atoms with van der Waals surface area (Å²) in [5.41, 5.74) is 3.16. The number of anilines is 1. The Hall–Kier alpha value is -1.84. The van der Waals surface area contributed by atoms with Crippen LogP contribution in [0.4, 0.5) is 10.1 Å². The number of halogens is 1. The summed E-state index contributed by atoms with van der Waals surface area (Å²) < 4.78 is 13.6. The summed E-state index contributed by atoms with van der Waals surface area (Å²) in [6.45, 7) is 6.75. The van der Waals surface area contributed by atoms with Crippen LogP contribution >= 0.6 is 0 Å². The number of fused-ring (bicyclic) bond motifs is 1. The number of aliphatic carboxylic acids is 1. The molecule has 1 N–H and O–H groups in total. The number of allylic oxidation sites excluding steroid dienone is 1. The Balaban J connectivity index is 2.48. The molecule has 0 bridgehead atoms. The third-order valence-electron chi connectivity index (χ3n) is 3.81. The van der Waals surface area contributed by atoms with Gasteiger partial charge in [0, 0.05) is 18.3 Å². The van der Waals surface area contributed by atoms with E-state index < -0.39 is 11.8 Å². The lowest BCUT2D eigenvalue weighted by molar-refractivity contribution is -0.134. The van der Waals surface area contributed by atoms with Crippen LogP contribution in [-0.4, -0.2) is 23.7 Å². The molecule has 0 amide bonds. The third kappa shape index (κ3) is 2.69. The first-order valence-electron chi connectivity index (χ1n) is 6.91. The molecule has 0 saturated carbocycles. The average molecular weight is 277 g/mol. The number of aryl methyl sites for hydroxylation is 1. The number of nitrogens with zero attached hydrogens (tertiary/aromatic N) is 1. The van der Waals surface area contributed by atoms with E-state index in [1.54, 1.807) is 6.07 Å². The Kier molecular flexibility index (Phi) is 4.12. The molecule has 1 aromatic carbocycles. The van der Waals surface area contributed by atoms with E-state index in [0.29, 0.717) is 11.6 Å². The van der Waals surface area contributed by atoms with Crippen LogP contribution < -0.4 is 4.90 Å². The number of benzene rings is 1. The molecule has 0 aliphatic carbocycles. The third-order valence-corrected chi connectivity index (χ3v) is 3.81. The summed E-state index contributed by atoms with van der Waals surface area (Å²) in [5.74, 6) is -2.60. The molecule has 1 aliphatic heterocycles. The maximum atomic E-state index is 13.6. The van der Waals surface area contributed by atoms with E-state index in [2.05, 4.69) is 18.7 Å². The molecule has 0 unspecified atom stereocenters. The van der Waals surface area contributed by atoms with Crippen molar-refractivity contribution in [3.63, 3.8) is 0 Å². The van der Waals surface area contributed by atoms with Crippen LogP contribution in [-0.2, 0) is 11.2 Å². The van der Waals surface area contributed by atoms with Gasteiger partial charge in [-0.05, 0) is 56.4 Å². The summed E-state index contributed by atoms with van der Waals surface area (Å²) in [7, 11) is 0. The van der Waals surface area contributed by atoms with Crippen molar-refractivity contribution >= 4 is 17.2 Å². The van der Waals surface area contributed by atoms with Crippen molar-refractivity contribution in [1.82, 2.24) is 0 Å². The molecule has 1 aliphatic rings. The first kappa shape index (κ1) is 14.6. The Morgan fingerprint density at radius 3 is 2.70 bits per heavy atom. The lowest BCUT2D eigenvalue weighted by Crippen LogP contribution is -2.35. The predicted molar refractivity (Wildman–Crippen MR) is 78.6 cm³/mol. The Morgan fingerprint density at radius 2 is 2.10 bits per heavy atom. The molecule has 20 heavy (non-hydrogen) atoms. The van der Waals surface area contributed by atoms with Crippen LogP contribution in [0.3, 0.4) is 0 Å². The van der Waals surface area contributed by atoms with Crippen LogP contribution in [0.1, 0.15) is 38.3 Å². The first-order valence-corrected chi connectivity index (χ1v) is 6.91. The molecule has 108 valence electrons. The van der Waals surface area contributed by atoms with Crippen molar-refractivity contribution in [3.05, 3.63) is 35.2 Å². The van der Waals surface area contributed by atoms with E-state index in [-0.39, 0.29) is 5.57 Å². The van der Waals surface area contributed by atoms with Crippen LogP contribution in [0.5, 0.6) is 0 Å². The summed E-state index contributed by atoms with van der Waals surface area (Å²) in [4.78, 5) is 13.0. The fourth-order valence-corrected chi connectivity index (χ4v) is 2.66. The smallest absolute Gasteiger partial charge is 0.365 e. The van der Waals surface area contributed by atoms with Crippen molar-refractivity contribution < 1.29 is 14.3 Å². The Bertz CT molecular complexity index is 564. The summed E-state index contributed by atoms with van der Waals surface area (Å²) >= 11 is 0. The average Bonchev–Trinajstić information content (AvgIpc) is 2.44. The van der Waals surface area contributed by atoms with Gasteiger partial charge in [0.1, 0.15) is 0 Å². The molecular formula is C16H20FNO2. The molecule has 4 heteroatoms. The molecule has 1 heterocycles. The second-order valence-electron chi connectivity index (χ2n) is 5.48. The van der Waals surface area contributed by atoms with E-state index in [1.807, 2.05) is 12.1 Å². The minimum absolute atomic E-state index is 0.176. The molecule has 0 atom stereocenters. The molecule has 2 rings (SSSR count). The summed E-state index contributed by atoms with van der Waals surface area (Å²) in [6, 6.07) is 6.07. The molecule has 3 nitrogen and oxygen atoms in total. The second kappa shape index (κ2) is 5.65. The van der Waals surface area contributed by atoms with Gasteiger partial charge in [0.05, 0.1) is 0 Å². The van der Waals surface area contributed by atoms with Crippen molar-refractivity contribution in [2.45, 2.75) is 39.7 Å². The fraction of sp³-hybridized carbons (Fsp3) is 0.438. The quantitative estimate of drug-likeness (QED) is 0.858. The van der Waals surface area contributed by atoms with Gasteiger partial charge in [-0.25, -0.2) is 4.79 Å². The number of carbonyl (C=O) groups is 1. The maximum Gasteiger partial charge on any atom is 0.365 e. The van der Waals surface area contributed by atoms with Gasteiger partial charge in [-0.15, -0.1) is 0 Å². The zero-order valence-electron chi connectivity index (χ0n) is 12.1. The zero-order chi connectivity index (χ0) is 14.9. The largest absolute Gasteiger partial charge is 0.476 e. The number of rotatable bonds is 3. The van der Waals surface area contributed by atoms with Crippen molar-refractivity contribution in [1.29, 1.82) is 0 Å². The molecular weight excluding hydrogens is 257 g/mol. The van der Waals surface area contributed by atoms with Crippen LogP contribution in [0.2, 0.25) is 0 Å². The summed E-state index contributed by atoms with van der Waals surface area (Å²) in [6.07, 6.45) is 2.13. The highest BCUT2D eigenvalue weighted by molar-refractivity contribution is 5.93. The molecule has 0 spiro atoms. The first-order chi connectivity index (χ1) is 9.41. The normalized spacial score (nSPS) is 15.9. The van der Waals surface area contributed by atoms with Crippen LogP contribution in [0.25, 0.3) is 5.57 Å². The Labute approximate surface area is 118 Å². The Morgan fingerprint density at radius 1 is 1.40 bits per heavy atom. The minimum atomic E-state index is -1.51. The minimum Gasteiger partial charge on any atom is -0.476 e. The van der Waals surface area contributed by atoms with E-state index in [9.17, 15) is 9.18 Å². The topological polar surface area (TPSA) is 40.5 Å². The van der Waals surface area contributed by atoms with Gasteiger partial charge in [-0.1, -0.05) is 12.1 Å². The van der Waals surface area contributed by atoms with E-state index in [4.69, 9.17) is 5.11 Å². The number of hydrogen-bond donors (Lipinski definition) is 1. The van der Waals surface area contributed by atoms with Crippen LogP contribution in [0, 0.1) is 0 Å². The predicted octanol–water partition coefficient (Wildman–Crippen LogP) is 3.63. The molecule has 0 radical (unpaired) electrons. The highest BCUT2D eigenvalue weighted by Crippen LogP contribution is 2.32. The van der Waals surface area contributed by atoms with E-state index in [0.717, 1.165) is 25.1 Å². The SMILES string of the molecule is CC(=C(F)C(=O)O)c1ccc2c(c1)N(C(C)C)CCC2. The molecule has 0 fully saturated rings. The van der Waals surface area contributed by atoms with Gasteiger partial charge in [0.15, 0.2) is 0 Å². The van der Waals surface area contributed by atoms with Gasteiger partial charge in [0.2, 0.25) is 5.83 Å². The van der Waals surface area contributed by atoms with Crippen molar-refractivity contribution in [2.24, 2.45) is 0 Å². The van der Waals surface area contributed by atoms with Gasteiger partial charge < -0.3 is 10.0 Å². The van der Waals surface area contributed by atoms with Crippen molar-refractivity contribution in [2.75, 3.05) is 11.4 Å². The fourth-order valence-electron chi connectivity index (χ4n) is 2.66. The van der Waals surface area contributed by atoms with Crippen LogP contribution in [0.15, 0.2) is 24.0 Å².